The van der Waals surface area contributed by atoms with E-state index >= 15 is 0 Å². The first-order chi connectivity index (χ1) is 18.5. The number of alkyl halides is 25. The average Bonchev–Trinajstić information content (AvgIpc) is 2.75. The summed E-state index contributed by atoms with van der Waals surface area (Å²) in [6, 6.07) is 0. The van der Waals surface area contributed by atoms with Gasteiger partial charge in [0.1, 0.15) is 0 Å². The summed E-state index contributed by atoms with van der Waals surface area (Å²) in [5.41, 5.74) is 0. The van der Waals surface area contributed by atoms with Crippen LogP contribution in [0.2, 0.25) is 0 Å². The molecule has 266 valence electrons. The van der Waals surface area contributed by atoms with Crippen molar-refractivity contribution < 1.29 is 123 Å². The lowest BCUT2D eigenvalue weighted by Crippen LogP contribution is -2.78. The quantitative estimate of drug-likeness (QED) is 0.144. The minimum absolute atomic E-state index is 2.14. The monoisotopic (exact) mass is 742 g/mol. The highest BCUT2D eigenvalue weighted by Crippen LogP contribution is 2.67. The van der Waals surface area contributed by atoms with Crippen LogP contribution in [0.15, 0.2) is 0 Å². The van der Waals surface area contributed by atoms with Crippen LogP contribution in [0.4, 0.5) is 110 Å². The van der Waals surface area contributed by atoms with Crippen LogP contribution in [-0.2, 0) is 10.1 Å². The lowest BCUT2D eigenvalue weighted by molar-refractivity contribution is -0.482. The molecule has 0 aromatic heterocycles. The third-order valence-electron chi connectivity index (χ3n) is 5.26. The molecule has 0 aliphatic rings. The Balaban J connectivity index is 7.18. The van der Waals surface area contributed by atoms with Crippen LogP contribution < -0.4 is 0 Å². The average molecular weight is 742 g/mol. The summed E-state index contributed by atoms with van der Waals surface area (Å²) in [6.45, 7) is 0. The molecule has 0 spiro atoms. The fourth-order valence-electron chi connectivity index (χ4n) is 2.62. The van der Waals surface area contributed by atoms with Crippen LogP contribution in [0.5, 0.6) is 0 Å². The molecule has 1 N–H and O–H groups in total. The second-order valence-corrected chi connectivity index (χ2v) is 9.91. The van der Waals surface area contributed by atoms with E-state index in [9.17, 15) is 118 Å². The molecule has 0 fully saturated rings. The third kappa shape index (κ3) is 5.57. The van der Waals surface area contributed by atoms with E-state index in [-0.39, 0.29) is 0 Å². The Kier molecular flexibility index (Phi) is 10.2. The molecule has 0 amide bonds. The van der Waals surface area contributed by atoms with Crippen molar-refractivity contribution in [3.8, 4) is 0 Å². The lowest BCUT2D eigenvalue weighted by Gasteiger charge is -2.45. The summed E-state index contributed by atoms with van der Waals surface area (Å²) in [5, 5.41) is 0. The van der Waals surface area contributed by atoms with E-state index in [0.717, 1.165) is 0 Å². The first-order valence-corrected chi connectivity index (χ1v) is 11.2. The highest BCUT2D eigenvalue weighted by molar-refractivity contribution is 7.85. The molecule has 0 saturated carbocycles. The fourth-order valence-corrected chi connectivity index (χ4v) is 3.13. The zero-order valence-electron chi connectivity index (χ0n) is 19.2. The summed E-state index contributed by atoms with van der Waals surface area (Å²) in [4.78, 5) is 0. The summed E-state index contributed by atoms with van der Waals surface area (Å²) >= 11 is 0. The smallest absolute Gasteiger partial charge is 0.286 e. The number of halogens is 25. The molecule has 0 aliphatic carbocycles. The van der Waals surface area contributed by atoms with Crippen LogP contribution in [0.1, 0.15) is 12.8 Å². The van der Waals surface area contributed by atoms with E-state index in [1.165, 1.54) is 0 Å². The molecule has 0 radical (unpaired) electrons. The normalized spacial score (nSPS) is 16.9. The Morgan fingerprint density at radius 3 is 0.773 bits per heavy atom. The summed E-state index contributed by atoms with van der Waals surface area (Å²) < 4.78 is 361. The molecular weight excluding hydrogens is 735 g/mol. The maximum atomic E-state index is 13.7. The second kappa shape index (κ2) is 10.6. The van der Waals surface area contributed by atoms with Crippen molar-refractivity contribution in [2.75, 3.05) is 5.75 Å². The van der Waals surface area contributed by atoms with E-state index in [1.807, 2.05) is 0 Å². The van der Waals surface area contributed by atoms with Crippen LogP contribution in [0.25, 0.3) is 0 Å². The van der Waals surface area contributed by atoms with Crippen LogP contribution in [0.3, 0.4) is 0 Å². The Bertz CT molecular complexity index is 1150. The zero-order valence-corrected chi connectivity index (χ0v) is 20.1. The highest BCUT2D eigenvalue weighted by Gasteiger charge is 2.99. The van der Waals surface area contributed by atoms with E-state index in [4.69, 9.17) is 4.55 Å². The molecular formula is C15H7F25O3S. The molecule has 0 heterocycles. The van der Waals surface area contributed by atoms with Gasteiger partial charge >= 0.3 is 71.3 Å². The van der Waals surface area contributed by atoms with Gasteiger partial charge in [0.05, 0.1) is 5.75 Å². The van der Waals surface area contributed by atoms with Crippen molar-refractivity contribution >= 4 is 10.1 Å². The van der Waals surface area contributed by atoms with Crippen molar-refractivity contribution in [3.63, 3.8) is 0 Å². The topological polar surface area (TPSA) is 54.4 Å². The van der Waals surface area contributed by atoms with Crippen molar-refractivity contribution in [2.24, 2.45) is 0 Å². The van der Waals surface area contributed by atoms with E-state index in [1.54, 1.807) is 0 Å². The van der Waals surface area contributed by atoms with Gasteiger partial charge in [-0.2, -0.15) is 118 Å². The maximum Gasteiger partial charge on any atom is 0.460 e. The molecule has 0 atom stereocenters. The molecule has 0 rings (SSSR count). The first-order valence-electron chi connectivity index (χ1n) is 9.63. The van der Waals surface area contributed by atoms with Gasteiger partial charge in [0, 0.05) is 6.42 Å². The summed E-state index contributed by atoms with van der Waals surface area (Å²) in [5.74, 6) is -101. The molecule has 0 saturated heterocycles. The van der Waals surface area contributed by atoms with Gasteiger partial charge in [0.2, 0.25) is 0 Å². The molecule has 0 aromatic carbocycles. The molecule has 0 aliphatic heterocycles. The maximum absolute atomic E-state index is 13.7. The SMILES string of the molecule is O=S(=O)(O)CCCC(F)(F)C(F)(F)C(F)(F)C(F)(F)C(F)(F)C(F)(F)C(F)(F)C(F)(F)C(F)(F)C(F)(F)C(F)(F)C(F)(F)F. The van der Waals surface area contributed by atoms with Gasteiger partial charge in [0.15, 0.2) is 0 Å². The molecule has 0 unspecified atom stereocenters. The van der Waals surface area contributed by atoms with Crippen molar-refractivity contribution in [3.05, 3.63) is 0 Å². The van der Waals surface area contributed by atoms with Gasteiger partial charge in [-0.3, -0.25) is 4.55 Å². The van der Waals surface area contributed by atoms with E-state index < -0.39 is 100 Å². The zero-order chi connectivity index (χ0) is 36.6. The van der Waals surface area contributed by atoms with Crippen molar-refractivity contribution in [1.82, 2.24) is 0 Å². The summed E-state index contributed by atoms with van der Waals surface area (Å²) in [6.07, 6.45) is -13.6. The Morgan fingerprint density at radius 2 is 0.568 bits per heavy atom. The van der Waals surface area contributed by atoms with Gasteiger partial charge < -0.3 is 0 Å². The van der Waals surface area contributed by atoms with Crippen LogP contribution in [-0.4, -0.2) is 90.0 Å². The van der Waals surface area contributed by atoms with Gasteiger partial charge in [-0.15, -0.1) is 0 Å². The predicted molar refractivity (Wildman–Crippen MR) is 86.1 cm³/mol. The minimum atomic E-state index is -9.66. The van der Waals surface area contributed by atoms with Crippen LogP contribution in [0, 0.1) is 0 Å². The van der Waals surface area contributed by atoms with Crippen molar-refractivity contribution in [1.29, 1.82) is 0 Å². The van der Waals surface area contributed by atoms with Gasteiger partial charge in [-0.05, 0) is 6.42 Å². The first kappa shape index (κ1) is 42.2. The van der Waals surface area contributed by atoms with E-state index in [2.05, 4.69) is 0 Å². The molecule has 0 aromatic rings. The third-order valence-corrected chi connectivity index (χ3v) is 6.06. The standard InChI is InChI=1S/C15H7F25O3S/c16-4(17,2-1-3-44(41,42)43)5(18,19)6(20,21)7(22,23)8(24,25)9(26,27)10(28,29)11(30,31)12(32,33)13(34,35)14(36,37)15(38,39)40/h1-3H2,(H,41,42,43). The number of hydrogen-bond donors (Lipinski definition) is 1. The largest absolute Gasteiger partial charge is 0.460 e. The fraction of sp³-hybridized carbons (Fsp3) is 1.00. The molecule has 0 bridgehead atoms. The van der Waals surface area contributed by atoms with E-state index in [0.29, 0.717) is 0 Å². The Labute approximate surface area is 224 Å². The second-order valence-electron chi connectivity index (χ2n) is 8.34. The van der Waals surface area contributed by atoms with Gasteiger partial charge in [-0.1, -0.05) is 0 Å². The molecule has 3 nitrogen and oxygen atoms in total. The Morgan fingerprint density at radius 1 is 0.364 bits per heavy atom. The highest BCUT2D eigenvalue weighted by atomic mass is 32.2. The molecule has 29 heteroatoms. The Hall–Kier alpha value is -1.84. The molecule has 44 heavy (non-hydrogen) atoms. The minimum Gasteiger partial charge on any atom is -0.286 e. The van der Waals surface area contributed by atoms with Gasteiger partial charge in [-0.25, -0.2) is 0 Å². The summed E-state index contributed by atoms with van der Waals surface area (Å²) in [7, 11) is -5.48. The van der Waals surface area contributed by atoms with Gasteiger partial charge in [0.25, 0.3) is 10.1 Å². The number of rotatable bonds is 14. The van der Waals surface area contributed by atoms with Crippen molar-refractivity contribution in [2.45, 2.75) is 84.2 Å². The van der Waals surface area contributed by atoms with Crippen LogP contribution >= 0.6 is 0 Å². The number of hydrogen-bond acceptors (Lipinski definition) is 2. The lowest BCUT2D eigenvalue weighted by atomic mass is 9.84. The predicted octanol–water partition coefficient (Wildman–Crippen LogP) is 8.21.